The number of hydrogen-bond donors (Lipinski definition) is 2. The summed E-state index contributed by atoms with van der Waals surface area (Å²) in [6, 6.07) is 12.6. The molecule has 1 aliphatic heterocycles. The lowest BCUT2D eigenvalue weighted by molar-refractivity contribution is 0.0631. The highest BCUT2D eigenvalue weighted by molar-refractivity contribution is 5.98. The fraction of sp³-hybridized carbons (Fsp3) is 0.452. The Hall–Kier alpha value is -3.79. The molecule has 3 aromatic rings. The highest BCUT2D eigenvalue weighted by Crippen LogP contribution is 2.35. The average Bonchev–Trinajstić information content (AvgIpc) is 3.41. The summed E-state index contributed by atoms with van der Waals surface area (Å²) >= 11 is 0. The molecule has 1 aliphatic carbocycles. The van der Waals surface area contributed by atoms with Crippen molar-refractivity contribution in [3.05, 3.63) is 77.8 Å². The van der Waals surface area contributed by atoms with Gasteiger partial charge in [0.1, 0.15) is 11.6 Å². The van der Waals surface area contributed by atoms with Crippen molar-refractivity contribution in [2.24, 2.45) is 0 Å². The van der Waals surface area contributed by atoms with Crippen LogP contribution in [0.5, 0.6) is 0 Å². The van der Waals surface area contributed by atoms with Crippen molar-refractivity contribution in [1.82, 2.24) is 25.1 Å². The predicted molar refractivity (Wildman–Crippen MR) is 151 cm³/mol. The number of nitrogens with one attached hydrogen (secondary N) is 2. The number of nitrogens with zero attached hydrogens (tertiary/aromatic N) is 3. The van der Waals surface area contributed by atoms with E-state index in [0.29, 0.717) is 49.6 Å². The highest BCUT2D eigenvalue weighted by Gasteiger charge is 2.35. The molecule has 2 aliphatic rings. The predicted octanol–water partition coefficient (Wildman–Crippen LogP) is 5.10. The van der Waals surface area contributed by atoms with E-state index < -0.39 is 17.7 Å². The second kappa shape index (κ2) is 13.2. The van der Waals surface area contributed by atoms with Crippen molar-refractivity contribution in [2.75, 3.05) is 26.2 Å². The Morgan fingerprint density at radius 2 is 1.85 bits per heavy atom. The van der Waals surface area contributed by atoms with Gasteiger partial charge in [-0.1, -0.05) is 50.1 Å². The number of imidazole rings is 1. The number of amides is 2. The Morgan fingerprint density at radius 1 is 1.10 bits per heavy atom. The summed E-state index contributed by atoms with van der Waals surface area (Å²) in [5.74, 6) is -1.50. The van der Waals surface area contributed by atoms with Gasteiger partial charge in [-0.05, 0) is 43.4 Å². The van der Waals surface area contributed by atoms with Crippen LogP contribution in [-0.2, 0) is 11.2 Å². The molecule has 1 saturated carbocycles. The maximum absolute atomic E-state index is 14.2. The van der Waals surface area contributed by atoms with Gasteiger partial charge in [0.25, 0.3) is 5.91 Å². The number of aromatic nitrogens is 2. The summed E-state index contributed by atoms with van der Waals surface area (Å²) in [6.07, 6.45) is 5.93. The monoisotopic (exact) mass is 565 g/mol. The molecule has 2 aromatic carbocycles. The molecular weight excluding hydrogens is 528 g/mol. The number of carbonyl (C=O) groups excluding carboxylic acids is 2. The second-order valence-corrected chi connectivity index (χ2v) is 10.8. The number of benzene rings is 2. The van der Waals surface area contributed by atoms with Crippen molar-refractivity contribution < 1.29 is 23.1 Å². The Labute approximate surface area is 239 Å². The normalized spacial score (nSPS) is 21.0. The lowest BCUT2D eigenvalue weighted by atomic mass is 9.89. The molecule has 5 rings (SSSR count). The van der Waals surface area contributed by atoms with Gasteiger partial charge in [-0.15, -0.1) is 0 Å². The second-order valence-electron chi connectivity index (χ2n) is 10.8. The Balaban J connectivity index is 1.47. The van der Waals surface area contributed by atoms with Gasteiger partial charge >= 0.3 is 6.09 Å². The molecule has 218 valence electrons. The van der Waals surface area contributed by atoms with Crippen LogP contribution < -0.4 is 10.6 Å². The molecule has 1 saturated heterocycles. The Kier molecular flexibility index (Phi) is 9.28. The summed E-state index contributed by atoms with van der Waals surface area (Å²) in [6.45, 7) is 3.86. The van der Waals surface area contributed by atoms with Gasteiger partial charge in [0.05, 0.1) is 30.7 Å². The number of alkyl carbamates (subject to hydrolysis) is 1. The van der Waals surface area contributed by atoms with Gasteiger partial charge in [0, 0.05) is 37.3 Å². The van der Waals surface area contributed by atoms with E-state index in [9.17, 15) is 18.4 Å². The van der Waals surface area contributed by atoms with E-state index in [2.05, 4.69) is 15.6 Å². The van der Waals surface area contributed by atoms with Gasteiger partial charge in [0.15, 0.2) is 5.69 Å². The van der Waals surface area contributed by atoms with Gasteiger partial charge in [0.2, 0.25) is 0 Å². The Bertz CT molecular complexity index is 1330. The number of halogens is 2. The topological polar surface area (TPSA) is 88.5 Å². The number of piperazine rings is 1. The van der Waals surface area contributed by atoms with Crippen LogP contribution in [0.15, 0.2) is 54.9 Å². The summed E-state index contributed by atoms with van der Waals surface area (Å²) in [5, 5.41) is 6.35. The third-order valence-electron chi connectivity index (χ3n) is 7.88. The summed E-state index contributed by atoms with van der Waals surface area (Å²) < 4.78 is 35.2. The van der Waals surface area contributed by atoms with E-state index in [0.717, 1.165) is 43.7 Å². The zero-order valence-corrected chi connectivity index (χ0v) is 23.3. The first-order valence-electron chi connectivity index (χ1n) is 14.5. The summed E-state index contributed by atoms with van der Waals surface area (Å²) in [4.78, 5) is 33.1. The molecule has 8 nitrogen and oxygen atoms in total. The molecule has 2 heterocycles. The molecule has 0 bridgehead atoms. The third kappa shape index (κ3) is 6.75. The maximum atomic E-state index is 14.2. The molecular formula is C31H37F2N5O3. The first kappa shape index (κ1) is 28.7. The molecule has 2 amide bonds. The molecule has 10 heteroatoms. The molecule has 1 aromatic heterocycles. The number of rotatable bonds is 8. The van der Waals surface area contributed by atoms with Gasteiger partial charge in [-0.25, -0.2) is 18.6 Å². The van der Waals surface area contributed by atoms with E-state index >= 15 is 0 Å². The van der Waals surface area contributed by atoms with Crippen LogP contribution in [0.1, 0.15) is 61.1 Å². The van der Waals surface area contributed by atoms with Crippen LogP contribution in [0.2, 0.25) is 0 Å². The number of ether oxygens (including phenoxy) is 1. The fourth-order valence-corrected chi connectivity index (χ4v) is 6.00. The largest absolute Gasteiger partial charge is 0.450 e. The van der Waals surface area contributed by atoms with E-state index in [1.165, 1.54) is 12.1 Å². The van der Waals surface area contributed by atoms with Crippen molar-refractivity contribution in [1.29, 1.82) is 0 Å². The molecule has 0 radical (unpaired) electrons. The molecule has 0 spiro atoms. The van der Waals surface area contributed by atoms with E-state index in [1.54, 1.807) is 11.2 Å². The van der Waals surface area contributed by atoms with Crippen LogP contribution >= 0.6 is 0 Å². The summed E-state index contributed by atoms with van der Waals surface area (Å²) in [5.41, 5.74) is 2.37. The van der Waals surface area contributed by atoms with Gasteiger partial charge in [-0.2, -0.15) is 0 Å². The van der Waals surface area contributed by atoms with Crippen LogP contribution in [0.25, 0.3) is 11.3 Å². The smallest absolute Gasteiger partial charge is 0.407 e. The molecule has 0 unspecified atom stereocenters. The van der Waals surface area contributed by atoms with Crippen LogP contribution in [0, 0.1) is 11.6 Å². The zero-order chi connectivity index (χ0) is 28.8. The molecule has 2 fully saturated rings. The van der Waals surface area contributed by atoms with Crippen molar-refractivity contribution in [3.63, 3.8) is 0 Å². The minimum Gasteiger partial charge on any atom is -0.450 e. The van der Waals surface area contributed by atoms with Crippen molar-refractivity contribution in [2.45, 2.75) is 63.6 Å². The standard InChI is InChI=1S/C31H37F2N5O3/c1-2-14-41-31(40)36-26-10-6-7-11-27(26)38-20-35-28(29(38)22-8-4-3-5-9-22)30(39)37-13-12-34-19-25(37)17-21-15-23(32)18-24(33)16-21/h3-5,8-9,15-16,18,20,25-27,34H,2,6-7,10-14,17,19H2,1H3,(H,36,40)/t25-,26+,27+/m1/s1. The zero-order valence-electron chi connectivity index (χ0n) is 23.3. The van der Waals surface area contributed by atoms with E-state index in [1.807, 2.05) is 41.8 Å². The van der Waals surface area contributed by atoms with Crippen molar-refractivity contribution in [3.8, 4) is 11.3 Å². The van der Waals surface area contributed by atoms with E-state index in [4.69, 9.17) is 4.74 Å². The highest BCUT2D eigenvalue weighted by atomic mass is 19.1. The Morgan fingerprint density at radius 3 is 2.61 bits per heavy atom. The average molecular weight is 566 g/mol. The quantitative estimate of drug-likeness (QED) is 0.397. The fourth-order valence-electron chi connectivity index (χ4n) is 6.00. The number of hydrogen-bond acceptors (Lipinski definition) is 5. The van der Waals surface area contributed by atoms with Crippen LogP contribution in [0.4, 0.5) is 13.6 Å². The lowest BCUT2D eigenvalue weighted by Crippen LogP contribution is -2.54. The maximum Gasteiger partial charge on any atom is 0.407 e. The summed E-state index contributed by atoms with van der Waals surface area (Å²) in [7, 11) is 0. The number of carbonyl (C=O) groups is 2. The van der Waals surface area contributed by atoms with Crippen molar-refractivity contribution >= 4 is 12.0 Å². The first-order chi connectivity index (χ1) is 19.9. The van der Waals surface area contributed by atoms with Crippen LogP contribution in [0.3, 0.4) is 0 Å². The minimum absolute atomic E-state index is 0.101. The molecule has 3 atom stereocenters. The molecule has 41 heavy (non-hydrogen) atoms. The lowest BCUT2D eigenvalue weighted by Gasteiger charge is -2.36. The SMILES string of the molecule is CCCOC(=O)N[C@H]1CCCC[C@@H]1n1cnc(C(=O)N2CCNC[C@H]2Cc2cc(F)cc(F)c2)c1-c1ccccc1. The molecule has 2 N–H and O–H groups in total. The third-order valence-corrected chi connectivity index (χ3v) is 7.88. The first-order valence-corrected chi connectivity index (χ1v) is 14.5. The van der Waals surface area contributed by atoms with Crippen LogP contribution in [-0.4, -0.2) is 64.8 Å². The van der Waals surface area contributed by atoms with Gasteiger partial charge in [-0.3, -0.25) is 4.79 Å². The van der Waals surface area contributed by atoms with Gasteiger partial charge < -0.3 is 24.8 Å². The minimum atomic E-state index is -0.638. The van der Waals surface area contributed by atoms with E-state index in [-0.39, 0.29) is 24.0 Å².